The normalized spacial score (nSPS) is 58.5. The largest absolute Gasteiger partial charge is 0.393 e. The number of aliphatic hydroxyl groups is 4. The van der Waals surface area contributed by atoms with Gasteiger partial charge in [0, 0.05) is 32.0 Å². The predicted molar refractivity (Wildman–Crippen MR) is 103 cm³/mol. The molecule has 170 valence electrons. The second-order valence-corrected chi connectivity index (χ2v) is 11.0. The average Bonchev–Trinajstić information content (AvgIpc) is 2.89. The van der Waals surface area contributed by atoms with Gasteiger partial charge in [0.15, 0.2) is 12.1 Å². The average molecular weight is 427 g/mol. The molecule has 4 bridgehead atoms. The van der Waals surface area contributed by atoms with Gasteiger partial charge in [-0.3, -0.25) is 4.79 Å². The van der Waals surface area contributed by atoms with E-state index in [-0.39, 0.29) is 18.3 Å². The number of carbonyl (C=O) groups excluding carboxylic acids is 1. The van der Waals surface area contributed by atoms with E-state index in [9.17, 15) is 25.2 Å². The van der Waals surface area contributed by atoms with Gasteiger partial charge in [-0.05, 0) is 37.0 Å². The van der Waals surface area contributed by atoms with Crippen LogP contribution in [-0.4, -0.2) is 77.4 Å². The quantitative estimate of drug-likeness (QED) is 0.499. The van der Waals surface area contributed by atoms with E-state index in [1.54, 1.807) is 0 Å². The van der Waals surface area contributed by atoms with Crippen LogP contribution in [0.4, 0.5) is 0 Å². The maximum Gasteiger partial charge on any atom is 0.208 e. The molecule has 2 spiro atoms. The zero-order chi connectivity index (χ0) is 21.9. The molecular weight excluding hydrogens is 392 g/mol. The van der Waals surface area contributed by atoms with Gasteiger partial charge in [0.25, 0.3) is 0 Å². The summed E-state index contributed by atoms with van der Waals surface area (Å²) in [5.74, 6) is -4.47. The third-order valence-electron chi connectivity index (χ3n) is 9.56. The highest BCUT2D eigenvalue weighted by Gasteiger charge is 2.88. The maximum absolute atomic E-state index is 13.9. The summed E-state index contributed by atoms with van der Waals surface area (Å²) in [6.45, 7) is 4.19. The standard InChI is InChI=1S/C22H34O8/c1-19(2)6-5-13(24)21-14-12(23)7-10-8-20(14,16(25)11(10)9-28-3)22(27,17(26)15(19)21)30-18(21)29-4/h10-15,17-18,23-24,26-27H,5-9H2,1-4H3/t10-,11-,12+,13+,14-,15-,17+,18+,20+,21-,22-/m1/s1. The minimum Gasteiger partial charge on any atom is -0.393 e. The Morgan fingerprint density at radius 3 is 2.50 bits per heavy atom. The van der Waals surface area contributed by atoms with Gasteiger partial charge in [0.1, 0.15) is 6.10 Å². The number of aliphatic hydroxyl groups excluding tert-OH is 3. The van der Waals surface area contributed by atoms with E-state index >= 15 is 0 Å². The van der Waals surface area contributed by atoms with Gasteiger partial charge in [-0.15, -0.1) is 0 Å². The minimum atomic E-state index is -2.20. The zero-order valence-electron chi connectivity index (χ0n) is 18.1. The van der Waals surface area contributed by atoms with Crippen LogP contribution in [0.3, 0.4) is 0 Å². The molecule has 8 heteroatoms. The monoisotopic (exact) mass is 426 g/mol. The number of carbonyl (C=O) groups is 1. The molecule has 8 nitrogen and oxygen atoms in total. The number of ether oxygens (including phenoxy) is 3. The van der Waals surface area contributed by atoms with Gasteiger partial charge in [0.05, 0.1) is 29.6 Å². The lowest BCUT2D eigenvalue weighted by Gasteiger charge is -2.76. The number of fused-ring (bicyclic) bond motifs is 2. The SMILES string of the molecule is COC[C@H]1C(=O)[C@]23C[C@H]1C[C@H](O)[C@H]2[C@@]12[C@@H](OC)O[C@]3(O)[C@@H](O)[C@@H]1C(C)(C)CC[C@@H]2O. The van der Waals surface area contributed by atoms with E-state index in [4.69, 9.17) is 14.2 Å². The molecule has 0 aromatic heterocycles. The van der Waals surface area contributed by atoms with Crippen molar-refractivity contribution in [3.63, 3.8) is 0 Å². The second-order valence-electron chi connectivity index (χ2n) is 11.0. The van der Waals surface area contributed by atoms with Gasteiger partial charge < -0.3 is 34.6 Å². The second kappa shape index (κ2) is 6.25. The van der Waals surface area contributed by atoms with Crippen molar-refractivity contribution >= 4 is 5.78 Å². The number of ketones is 1. The molecule has 6 rings (SSSR count). The van der Waals surface area contributed by atoms with Gasteiger partial charge in [-0.25, -0.2) is 0 Å². The highest BCUT2D eigenvalue weighted by Crippen LogP contribution is 2.78. The van der Waals surface area contributed by atoms with Crippen molar-refractivity contribution in [1.82, 2.24) is 0 Å². The third kappa shape index (κ3) is 2.01. The van der Waals surface area contributed by atoms with Crippen molar-refractivity contribution in [2.24, 2.45) is 39.9 Å². The maximum atomic E-state index is 13.9. The Hall–Kier alpha value is -0.610. The fourth-order valence-corrected chi connectivity index (χ4v) is 8.73. The third-order valence-corrected chi connectivity index (χ3v) is 9.56. The van der Waals surface area contributed by atoms with Crippen molar-refractivity contribution in [2.45, 2.75) is 69.9 Å². The molecule has 11 atom stereocenters. The molecule has 2 heterocycles. The van der Waals surface area contributed by atoms with Crippen LogP contribution in [0.5, 0.6) is 0 Å². The Bertz CT molecular complexity index is 755. The number of hydrogen-bond acceptors (Lipinski definition) is 8. The smallest absolute Gasteiger partial charge is 0.208 e. The molecule has 2 aliphatic heterocycles. The molecule has 0 unspecified atom stereocenters. The number of methoxy groups -OCH3 is 2. The van der Waals surface area contributed by atoms with E-state index in [0.29, 0.717) is 25.7 Å². The van der Waals surface area contributed by atoms with Crippen molar-refractivity contribution in [3.05, 3.63) is 0 Å². The van der Waals surface area contributed by atoms with E-state index in [1.807, 2.05) is 13.8 Å². The summed E-state index contributed by atoms with van der Waals surface area (Å²) in [5.41, 5.74) is -3.17. The Labute approximate surface area is 176 Å². The lowest BCUT2D eigenvalue weighted by molar-refractivity contribution is -0.508. The molecule has 6 aliphatic rings. The predicted octanol–water partition coefficient (Wildman–Crippen LogP) is 0.0545. The molecular formula is C22H34O8. The van der Waals surface area contributed by atoms with Crippen LogP contribution in [-0.2, 0) is 19.0 Å². The lowest BCUT2D eigenvalue weighted by atomic mass is 9.35. The molecule has 0 aromatic rings. The first-order chi connectivity index (χ1) is 14.0. The Morgan fingerprint density at radius 1 is 1.17 bits per heavy atom. The minimum absolute atomic E-state index is 0.174. The summed E-state index contributed by atoms with van der Waals surface area (Å²) in [7, 11) is 2.97. The summed E-state index contributed by atoms with van der Waals surface area (Å²) in [6, 6.07) is 0. The molecule has 30 heavy (non-hydrogen) atoms. The van der Waals surface area contributed by atoms with Crippen molar-refractivity contribution in [1.29, 1.82) is 0 Å². The first-order valence-electron chi connectivity index (χ1n) is 11.0. The number of rotatable bonds is 3. The Balaban J connectivity index is 1.79. The lowest BCUT2D eigenvalue weighted by Crippen LogP contribution is -2.87. The van der Waals surface area contributed by atoms with E-state index in [0.717, 1.165) is 0 Å². The highest BCUT2D eigenvalue weighted by atomic mass is 16.8. The molecule has 2 saturated heterocycles. The summed E-state index contributed by atoms with van der Waals surface area (Å²) >= 11 is 0. The van der Waals surface area contributed by atoms with Crippen LogP contribution in [0.2, 0.25) is 0 Å². The van der Waals surface area contributed by atoms with Gasteiger partial charge in [-0.2, -0.15) is 0 Å². The van der Waals surface area contributed by atoms with Gasteiger partial charge >= 0.3 is 0 Å². The van der Waals surface area contributed by atoms with E-state index < -0.39 is 64.4 Å². The zero-order valence-corrected chi connectivity index (χ0v) is 18.1. The van der Waals surface area contributed by atoms with Gasteiger partial charge in [-0.1, -0.05) is 13.8 Å². The van der Waals surface area contributed by atoms with Crippen molar-refractivity contribution in [3.8, 4) is 0 Å². The molecule has 0 aromatic carbocycles. The van der Waals surface area contributed by atoms with E-state index in [2.05, 4.69) is 0 Å². The van der Waals surface area contributed by atoms with Crippen molar-refractivity contribution < 1.29 is 39.4 Å². The first kappa shape index (κ1) is 21.2. The van der Waals surface area contributed by atoms with Crippen LogP contribution in [0, 0.1) is 39.9 Å². The van der Waals surface area contributed by atoms with Crippen LogP contribution in [0.1, 0.15) is 39.5 Å². The molecule has 4 saturated carbocycles. The van der Waals surface area contributed by atoms with Crippen molar-refractivity contribution in [2.75, 3.05) is 20.8 Å². The van der Waals surface area contributed by atoms with Crippen LogP contribution < -0.4 is 0 Å². The molecule has 4 aliphatic carbocycles. The van der Waals surface area contributed by atoms with Crippen LogP contribution >= 0.6 is 0 Å². The van der Waals surface area contributed by atoms with E-state index in [1.165, 1.54) is 14.2 Å². The Kier molecular flexibility index (Phi) is 4.42. The fraction of sp³-hybridized carbons (Fsp3) is 0.955. The topological polar surface area (TPSA) is 126 Å². The molecule has 0 amide bonds. The Morgan fingerprint density at radius 2 is 1.87 bits per heavy atom. The first-order valence-corrected chi connectivity index (χ1v) is 11.0. The molecule has 4 N–H and O–H groups in total. The number of Topliss-reactive ketones (excluding diaryl/α,β-unsaturated/α-hetero) is 1. The van der Waals surface area contributed by atoms with Gasteiger partial charge in [0.2, 0.25) is 5.79 Å². The molecule has 0 radical (unpaired) electrons. The summed E-state index contributed by atoms with van der Waals surface area (Å²) in [5, 5.41) is 46.4. The molecule has 6 fully saturated rings. The van der Waals surface area contributed by atoms with Crippen LogP contribution in [0.15, 0.2) is 0 Å². The highest BCUT2D eigenvalue weighted by molar-refractivity contribution is 5.92. The summed E-state index contributed by atoms with van der Waals surface area (Å²) in [6.07, 6.45) is -2.53. The number of hydrogen-bond donors (Lipinski definition) is 4. The fourth-order valence-electron chi connectivity index (χ4n) is 8.73. The summed E-state index contributed by atoms with van der Waals surface area (Å²) in [4.78, 5) is 13.9. The van der Waals surface area contributed by atoms with Crippen LogP contribution in [0.25, 0.3) is 0 Å². The summed E-state index contributed by atoms with van der Waals surface area (Å²) < 4.78 is 17.0.